The number of nitrogens with zero attached hydrogens (tertiary/aromatic N) is 4. The number of rotatable bonds is 5. The van der Waals surface area contributed by atoms with Crippen molar-refractivity contribution in [1.82, 2.24) is 25.2 Å². The van der Waals surface area contributed by atoms with Crippen molar-refractivity contribution in [3.05, 3.63) is 42.2 Å². The van der Waals surface area contributed by atoms with Gasteiger partial charge >= 0.3 is 0 Å². The average Bonchev–Trinajstić information content (AvgIpc) is 2.81. The molecule has 0 aromatic carbocycles. The van der Waals surface area contributed by atoms with E-state index in [2.05, 4.69) is 27.4 Å². The predicted molar refractivity (Wildman–Crippen MR) is 63.7 cm³/mol. The molecule has 1 atom stereocenters. The Hall–Kier alpha value is -1.79. The Bertz CT molecular complexity index is 452. The van der Waals surface area contributed by atoms with Crippen LogP contribution < -0.4 is 11.3 Å². The van der Waals surface area contributed by atoms with Crippen molar-refractivity contribution in [2.45, 2.75) is 25.9 Å². The van der Waals surface area contributed by atoms with Crippen LogP contribution in [0.5, 0.6) is 0 Å². The Kier molecular flexibility index (Phi) is 3.79. The fourth-order valence-electron chi connectivity index (χ4n) is 1.77. The van der Waals surface area contributed by atoms with Crippen molar-refractivity contribution >= 4 is 0 Å². The summed E-state index contributed by atoms with van der Waals surface area (Å²) in [4.78, 5) is 8.31. The highest BCUT2D eigenvalue weighted by Gasteiger charge is 2.17. The van der Waals surface area contributed by atoms with Crippen LogP contribution in [0.3, 0.4) is 0 Å². The Morgan fingerprint density at radius 1 is 1.41 bits per heavy atom. The second kappa shape index (κ2) is 5.51. The molecule has 17 heavy (non-hydrogen) atoms. The molecule has 0 radical (unpaired) electrons. The van der Waals surface area contributed by atoms with Crippen LogP contribution in [0.15, 0.2) is 30.9 Å². The molecule has 0 aliphatic rings. The van der Waals surface area contributed by atoms with Gasteiger partial charge in [-0.2, -0.15) is 5.10 Å². The van der Waals surface area contributed by atoms with Crippen LogP contribution in [0, 0.1) is 0 Å². The van der Waals surface area contributed by atoms with Gasteiger partial charge in [0.25, 0.3) is 0 Å². The lowest BCUT2D eigenvalue weighted by molar-refractivity contribution is 0.514. The Morgan fingerprint density at radius 2 is 2.29 bits per heavy atom. The molecule has 2 heterocycles. The standard InChI is InChI=1S/C11H16N6/c1-2-7-17-10(3-4-15-17)11(16-12)9-8-13-5-6-14-9/h3-6,8,11,16H,2,7,12H2,1H3. The maximum atomic E-state index is 5.60. The van der Waals surface area contributed by atoms with E-state index >= 15 is 0 Å². The highest BCUT2D eigenvalue weighted by Crippen LogP contribution is 2.18. The van der Waals surface area contributed by atoms with Gasteiger partial charge in [0, 0.05) is 25.1 Å². The minimum absolute atomic E-state index is 0.183. The van der Waals surface area contributed by atoms with Crippen LogP contribution in [0.25, 0.3) is 0 Å². The number of hydrazine groups is 1. The molecule has 90 valence electrons. The summed E-state index contributed by atoms with van der Waals surface area (Å²) in [5.41, 5.74) is 4.54. The normalized spacial score (nSPS) is 12.6. The van der Waals surface area contributed by atoms with E-state index in [4.69, 9.17) is 5.84 Å². The molecular weight excluding hydrogens is 216 g/mol. The zero-order valence-electron chi connectivity index (χ0n) is 9.74. The molecule has 1 unspecified atom stereocenters. The third-order valence-corrected chi connectivity index (χ3v) is 2.53. The van der Waals surface area contributed by atoms with Crippen molar-refractivity contribution < 1.29 is 0 Å². The van der Waals surface area contributed by atoms with Gasteiger partial charge in [0.05, 0.1) is 17.6 Å². The monoisotopic (exact) mass is 232 g/mol. The summed E-state index contributed by atoms with van der Waals surface area (Å²) in [5, 5.41) is 4.27. The third-order valence-electron chi connectivity index (χ3n) is 2.53. The maximum Gasteiger partial charge on any atom is 0.106 e. The summed E-state index contributed by atoms with van der Waals surface area (Å²) < 4.78 is 1.93. The van der Waals surface area contributed by atoms with Crippen LogP contribution in [0.4, 0.5) is 0 Å². The van der Waals surface area contributed by atoms with E-state index in [1.807, 2.05) is 10.7 Å². The number of aromatic nitrogens is 4. The lowest BCUT2D eigenvalue weighted by atomic mass is 10.1. The van der Waals surface area contributed by atoms with E-state index in [1.165, 1.54) is 0 Å². The van der Waals surface area contributed by atoms with Crippen molar-refractivity contribution in [2.24, 2.45) is 5.84 Å². The largest absolute Gasteiger partial charge is 0.270 e. The van der Waals surface area contributed by atoms with Gasteiger partial charge in [-0.3, -0.25) is 20.5 Å². The second-order valence-corrected chi connectivity index (χ2v) is 3.71. The fourth-order valence-corrected chi connectivity index (χ4v) is 1.77. The summed E-state index contributed by atoms with van der Waals surface area (Å²) in [6.45, 7) is 2.97. The molecule has 0 aliphatic carbocycles. The van der Waals surface area contributed by atoms with Crippen molar-refractivity contribution in [3.63, 3.8) is 0 Å². The highest BCUT2D eigenvalue weighted by molar-refractivity contribution is 5.19. The molecule has 2 aromatic rings. The van der Waals surface area contributed by atoms with Crippen LogP contribution in [-0.4, -0.2) is 19.7 Å². The van der Waals surface area contributed by atoms with Gasteiger partial charge in [0.1, 0.15) is 6.04 Å². The predicted octanol–water partition coefficient (Wildman–Crippen LogP) is 0.636. The van der Waals surface area contributed by atoms with Crippen LogP contribution >= 0.6 is 0 Å². The van der Waals surface area contributed by atoms with Gasteiger partial charge in [-0.15, -0.1) is 0 Å². The lowest BCUT2D eigenvalue weighted by Crippen LogP contribution is -2.31. The van der Waals surface area contributed by atoms with Gasteiger partial charge in [0.2, 0.25) is 0 Å². The SMILES string of the molecule is CCCn1nccc1C(NN)c1cnccn1. The number of hydrogen-bond donors (Lipinski definition) is 2. The van der Waals surface area contributed by atoms with E-state index in [1.54, 1.807) is 24.8 Å². The summed E-state index contributed by atoms with van der Waals surface area (Å²) >= 11 is 0. The van der Waals surface area contributed by atoms with Crippen LogP contribution in [-0.2, 0) is 6.54 Å². The number of aryl methyl sites for hydroxylation is 1. The average molecular weight is 232 g/mol. The summed E-state index contributed by atoms with van der Waals surface area (Å²) in [6.07, 6.45) is 7.78. The lowest BCUT2D eigenvalue weighted by Gasteiger charge is -2.16. The molecule has 2 rings (SSSR count). The zero-order valence-corrected chi connectivity index (χ0v) is 9.74. The first-order valence-electron chi connectivity index (χ1n) is 5.60. The van der Waals surface area contributed by atoms with E-state index < -0.39 is 0 Å². The molecule has 3 N–H and O–H groups in total. The third kappa shape index (κ3) is 2.48. The highest BCUT2D eigenvalue weighted by atomic mass is 15.3. The Morgan fingerprint density at radius 3 is 2.94 bits per heavy atom. The van der Waals surface area contributed by atoms with E-state index in [-0.39, 0.29) is 6.04 Å². The first-order valence-corrected chi connectivity index (χ1v) is 5.60. The van der Waals surface area contributed by atoms with Crippen LogP contribution in [0.1, 0.15) is 30.8 Å². The number of nitrogens with two attached hydrogens (primary N) is 1. The quantitative estimate of drug-likeness (QED) is 0.584. The smallest absolute Gasteiger partial charge is 0.106 e. The van der Waals surface area contributed by atoms with Crippen molar-refractivity contribution in [1.29, 1.82) is 0 Å². The van der Waals surface area contributed by atoms with E-state index in [9.17, 15) is 0 Å². The summed E-state index contributed by atoms with van der Waals surface area (Å²) in [6, 6.07) is 1.76. The van der Waals surface area contributed by atoms with Crippen molar-refractivity contribution in [3.8, 4) is 0 Å². The minimum Gasteiger partial charge on any atom is -0.270 e. The first kappa shape index (κ1) is 11.7. The topological polar surface area (TPSA) is 81.7 Å². The molecule has 0 fully saturated rings. The molecule has 0 bridgehead atoms. The number of hydrogen-bond acceptors (Lipinski definition) is 5. The molecular formula is C11H16N6. The van der Waals surface area contributed by atoms with Gasteiger partial charge < -0.3 is 0 Å². The zero-order chi connectivity index (χ0) is 12.1. The van der Waals surface area contributed by atoms with Gasteiger partial charge in [-0.1, -0.05) is 6.92 Å². The molecule has 6 heteroatoms. The maximum absolute atomic E-state index is 5.60. The summed E-state index contributed by atoms with van der Waals surface area (Å²) in [7, 11) is 0. The van der Waals surface area contributed by atoms with Gasteiger partial charge in [-0.05, 0) is 12.5 Å². The first-order chi connectivity index (χ1) is 8.36. The van der Waals surface area contributed by atoms with Gasteiger partial charge in [-0.25, -0.2) is 5.43 Å². The second-order valence-electron chi connectivity index (χ2n) is 3.71. The molecule has 0 saturated heterocycles. The molecule has 0 saturated carbocycles. The summed E-state index contributed by atoms with van der Waals surface area (Å²) in [5.74, 6) is 5.60. The molecule has 0 aliphatic heterocycles. The number of nitrogens with one attached hydrogen (secondary N) is 1. The van der Waals surface area contributed by atoms with E-state index in [0.717, 1.165) is 24.4 Å². The van der Waals surface area contributed by atoms with Crippen molar-refractivity contribution in [2.75, 3.05) is 0 Å². The minimum atomic E-state index is -0.183. The molecule has 0 amide bonds. The van der Waals surface area contributed by atoms with E-state index in [0.29, 0.717) is 0 Å². The Balaban J connectivity index is 2.32. The molecule has 0 spiro atoms. The fraction of sp³-hybridized carbons (Fsp3) is 0.364. The van der Waals surface area contributed by atoms with Gasteiger partial charge in [0.15, 0.2) is 0 Å². The Labute approximate surface area is 99.9 Å². The molecule has 6 nitrogen and oxygen atoms in total. The van der Waals surface area contributed by atoms with Crippen LogP contribution in [0.2, 0.25) is 0 Å². The molecule has 2 aromatic heterocycles.